The van der Waals surface area contributed by atoms with E-state index in [1.807, 2.05) is 54.6 Å². The number of pyridine rings is 1. The van der Waals surface area contributed by atoms with E-state index in [1.165, 1.54) is 0 Å². The van der Waals surface area contributed by atoms with Gasteiger partial charge in [-0.25, -0.2) is 4.98 Å². The summed E-state index contributed by atoms with van der Waals surface area (Å²) in [5.74, 6) is 0.579. The van der Waals surface area contributed by atoms with Crippen LogP contribution in [0.3, 0.4) is 0 Å². The number of benzene rings is 2. The molecule has 0 atom stereocenters. The number of anilines is 3. The van der Waals surface area contributed by atoms with Crippen molar-refractivity contribution in [1.82, 2.24) is 4.98 Å². The number of carbonyl (C=O) groups is 1. The third-order valence-electron chi connectivity index (χ3n) is 4.02. The number of amides is 1. The van der Waals surface area contributed by atoms with Gasteiger partial charge in [-0.1, -0.05) is 25.1 Å². The molecule has 2 N–H and O–H groups in total. The maximum Gasteiger partial charge on any atom is 0.274 e. The zero-order valence-electron chi connectivity index (χ0n) is 14.8. The average molecular weight is 347 g/mol. The number of carbonyl (C=O) groups excluding carboxylic acids is 1. The summed E-state index contributed by atoms with van der Waals surface area (Å²) in [7, 11) is 1.63. The van der Waals surface area contributed by atoms with Crippen LogP contribution in [0.4, 0.5) is 17.1 Å². The van der Waals surface area contributed by atoms with Crippen molar-refractivity contribution in [3.8, 4) is 5.75 Å². The van der Waals surface area contributed by atoms with Gasteiger partial charge in [-0.3, -0.25) is 4.79 Å². The van der Waals surface area contributed by atoms with Crippen molar-refractivity contribution in [3.05, 3.63) is 78.1 Å². The van der Waals surface area contributed by atoms with Crippen LogP contribution in [0.1, 0.15) is 23.0 Å². The van der Waals surface area contributed by atoms with Crippen molar-refractivity contribution in [2.45, 2.75) is 13.3 Å². The van der Waals surface area contributed by atoms with Crippen molar-refractivity contribution in [1.29, 1.82) is 0 Å². The predicted molar refractivity (Wildman–Crippen MR) is 104 cm³/mol. The van der Waals surface area contributed by atoms with E-state index in [-0.39, 0.29) is 5.91 Å². The fraction of sp³-hybridized carbons (Fsp3) is 0.143. The van der Waals surface area contributed by atoms with Gasteiger partial charge in [0.1, 0.15) is 11.4 Å². The normalized spacial score (nSPS) is 10.2. The Morgan fingerprint density at radius 2 is 1.73 bits per heavy atom. The molecule has 0 aliphatic rings. The Bertz CT molecular complexity index is 875. The second-order valence-corrected chi connectivity index (χ2v) is 5.75. The molecule has 0 saturated carbocycles. The van der Waals surface area contributed by atoms with Gasteiger partial charge in [0, 0.05) is 11.4 Å². The van der Waals surface area contributed by atoms with E-state index in [4.69, 9.17) is 4.74 Å². The highest BCUT2D eigenvalue weighted by atomic mass is 16.5. The number of aromatic nitrogens is 1. The number of ether oxygens (including phenoxy) is 1. The Morgan fingerprint density at radius 3 is 2.38 bits per heavy atom. The molecule has 0 radical (unpaired) electrons. The molecule has 0 fully saturated rings. The first-order chi connectivity index (χ1) is 12.7. The third kappa shape index (κ3) is 4.19. The van der Waals surface area contributed by atoms with Crippen LogP contribution in [-0.2, 0) is 6.42 Å². The van der Waals surface area contributed by atoms with Gasteiger partial charge < -0.3 is 15.4 Å². The van der Waals surface area contributed by atoms with Gasteiger partial charge >= 0.3 is 0 Å². The van der Waals surface area contributed by atoms with E-state index in [0.29, 0.717) is 5.69 Å². The molecule has 0 unspecified atom stereocenters. The third-order valence-corrected chi connectivity index (χ3v) is 4.02. The fourth-order valence-corrected chi connectivity index (χ4v) is 2.58. The van der Waals surface area contributed by atoms with Crippen molar-refractivity contribution in [2.75, 3.05) is 17.7 Å². The summed E-state index contributed by atoms with van der Waals surface area (Å²) >= 11 is 0. The quantitative estimate of drug-likeness (QED) is 0.681. The topological polar surface area (TPSA) is 63.2 Å². The fourth-order valence-electron chi connectivity index (χ4n) is 2.58. The number of nitrogens with zero attached hydrogens (tertiary/aromatic N) is 1. The van der Waals surface area contributed by atoms with Crippen molar-refractivity contribution >= 4 is 23.0 Å². The summed E-state index contributed by atoms with van der Waals surface area (Å²) in [5, 5.41) is 6.16. The largest absolute Gasteiger partial charge is 0.497 e. The SMILES string of the molecule is CCc1ccccc1NC(=O)c1ccc(Nc2ccc(OC)cc2)cn1. The van der Waals surface area contributed by atoms with Gasteiger partial charge in [-0.15, -0.1) is 0 Å². The minimum Gasteiger partial charge on any atom is -0.497 e. The number of rotatable bonds is 6. The number of methoxy groups -OCH3 is 1. The lowest BCUT2D eigenvalue weighted by molar-refractivity contribution is 0.102. The standard InChI is InChI=1S/C21H21N3O2/c1-3-15-6-4-5-7-19(15)24-21(25)20-13-10-17(14-22-20)23-16-8-11-18(26-2)12-9-16/h4-14,23H,3H2,1-2H3,(H,24,25). The molecule has 0 aliphatic heterocycles. The summed E-state index contributed by atoms with van der Waals surface area (Å²) in [6, 6.07) is 18.9. The van der Waals surface area contributed by atoms with Gasteiger partial charge in [0.2, 0.25) is 0 Å². The number of hydrogen-bond acceptors (Lipinski definition) is 4. The molecule has 0 spiro atoms. The van der Waals surface area contributed by atoms with Crippen LogP contribution < -0.4 is 15.4 Å². The summed E-state index contributed by atoms with van der Waals surface area (Å²) < 4.78 is 5.14. The molecule has 0 aliphatic carbocycles. The Kier molecular flexibility index (Phi) is 5.49. The molecule has 1 aromatic heterocycles. The molecular weight excluding hydrogens is 326 g/mol. The van der Waals surface area contributed by atoms with E-state index in [0.717, 1.165) is 34.8 Å². The Hall–Kier alpha value is -3.34. The summed E-state index contributed by atoms with van der Waals surface area (Å²) in [6.07, 6.45) is 2.50. The first-order valence-electron chi connectivity index (χ1n) is 8.46. The van der Waals surface area contributed by atoms with Gasteiger partial charge in [0.25, 0.3) is 5.91 Å². The summed E-state index contributed by atoms with van der Waals surface area (Å²) in [4.78, 5) is 16.7. The van der Waals surface area contributed by atoms with E-state index in [1.54, 1.807) is 19.4 Å². The first kappa shape index (κ1) is 17.5. The number of aryl methyl sites for hydroxylation is 1. The first-order valence-corrected chi connectivity index (χ1v) is 8.46. The molecule has 2 aromatic carbocycles. The summed E-state index contributed by atoms with van der Waals surface area (Å²) in [5.41, 5.74) is 4.01. The van der Waals surface area contributed by atoms with E-state index in [9.17, 15) is 4.79 Å². The van der Waals surface area contributed by atoms with Crippen LogP contribution in [0, 0.1) is 0 Å². The highest BCUT2D eigenvalue weighted by molar-refractivity contribution is 6.03. The lowest BCUT2D eigenvalue weighted by Gasteiger charge is -2.10. The number of hydrogen-bond donors (Lipinski definition) is 2. The zero-order chi connectivity index (χ0) is 18.4. The molecule has 0 saturated heterocycles. The van der Waals surface area contributed by atoms with Crippen molar-refractivity contribution in [2.24, 2.45) is 0 Å². The second-order valence-electron chi connectivity index (χ2n) is 5.75. The highest BCUT2D eigenvalue weighted by Crippen LogP contribution is 2.20. The molecule has 3 aromatic rings. The molecule has 5 nitrogen and oxygen atoms in total. The Balaban J connectivity index is 1.67. The Morgan fingerprint density at radius 1 is 1.00 bits per heavy atom. The van der Waals surface area contributed by atoms with Crippen LogP contribution in [0.2, 0.25) is 0 Å². The van der Waals surface area contributed by atoms with Crippen LogP contribution in [0.15, 0.2) is 66.9 Å². The minimum absolute atomic E-state index is 0.220. The monoisotopic (exact) mass is 347 g/mol. The minimum atomic E-state index is -0.220. The average Bonchev–Trinajstić information content (AvgIpc) is 2.69. The maximum absolute atomic E-state index is 12.4. The highest BCUT2D eigenvalue weighted by Gasteiger charge is 2.09. The molecule has 26 heavy (non-hydrogen) atoms. The zero-order valence-corrected chi connectivity index (χ0v) is 14.8. The molecule has 1 heterocycles. The predicted octanol–water partition coefficient (Wildman–Crippen LogP) is 4.65. The smallest absolute Gasteiger partial charge is 0.274 e. The van der Waals surface area contributed by atoms with Gasteiger partial charge in [-0.2, -0.15) is 0 Å². The molecule has 5 heteroatoms. The van der Waals surface area contributed by atoms with E-state index < -0.39 is 0 Å². The molecule has 1 amide bonds. The van der Waals surface area contributed by atoms with Crippen molar-refractivity contribution < 1.29 is 9.53 Å². The lowest BCUT2D eigenvalue weighted by atomic mass is 10.1. The van der Waals surface area contributed by atoms with Crippen molar-refractivity contribution in [3.63, 3.8) is 0 Å². The van der Waals surface area contributed by atoms with Gasteiger partial charge in [0.15, 0.2) is 0 Å². The lowest BCUT2D eigenvalue weighted by Crippen LogP contribution is -2.14. The summed E-state index contributed by atoms with van der Waals surface area (Å²) in [6.45, 7) is 2.06. The molecule has 132 valence electrons. The van der Waals surface area contributed by atoms with Crippen LogP contribution in [0.5, 0.6) is 5.75 Å². The number of para-hydroxylation sites is 1. The van der Waals surface area contributed by atoms with Gasteiger partial charge in [0.05, 0.1) is 19.0 Å². The molecular formula is C21H21N3O2. The van der Waals surface area contributed by atoms with Gasteiger partial charge in [-0.05, 0) is 54.4 Å². The second kappa shape index (κ2) is 8.16. The molecule has 3 rings (SSSR count). The van der Waals surface area contributed by atoms with Crippen LogP contribution in [-0.4, -0.2) is 18.0 Å². The number of nitrogens with one attached hydrogen (secondary N) is 2. The maximum atomic E-state index is 12.4. The van der Waals surface area contributed by atoms with Crippen LogP contribution >= 0.6 is 0 Å². The Labute approximate surface area is 153 Å². The molecule has 0 bridgehead atoms. The van der Waals surface area contributed by atoms with Crippen LogP contribution in [0.25, 0.3) is 0 Å². The van der Waals surface area contributed by atoms with E-state index >= 15 is 0 Å². The van der Waals surface area contributed by atoms with E-state index in [2.05, 4.69) is 22.5 Å².